The van der Waals surface area contributed by atoms with Gasteiger partial charge in [-0.2, -0.15) is 0 Å². The lowest BCUT2D eigenvalue weighted by Gasteiger charge is -2.16. The number of amides is 1. The SMILES string of the molecule is CCn1c(N)nnc1SCC(=O)N1CCc2ccccc21. The number of para-hydroxylation sites is 1. The lowest BCUT2D eigenvalue weighted by molar-refractivity contribution is -0.116. The zero-order valence-corrected chi connectivity index (χ0v) is 12.6. The molecule has 1 aromatic carbocycles. The molecule has 0 saturated heterocycles. The molecule has 0 bridgehead atoms. The fraction of sp³-hybridized carbons (Fsp3) is 0.357. The van der Waals surface area contributed by atoms with Gasteiger partial charge in [0.05, 0.1) is 5.75 Å². The molecule has 1 amide bonds. The second kappa shape index (κ2) is 5.77. The number of nitrogens with zero attached hydrogens (tertiary/aromatic N) is 4. The number of benzene rings is 1. The van der Waals surface area contributed by atoms with Crippen LogP contribution in [0.2, 0.25) is 0 Å². The van der Waals surface area contributed by atoms with Crippen molar-refractivity contribution >= 4 is 29.3 Å². The number of carbonyl (C=O) groups excluding carboxylic acids is 1. The average molecular weight is 303 g/mol. The number of nitrogen functional groups attached to an aromatic ring is 1. The molecule has 2 N–H and O–H groups in total. The first-order valence-corrected chi connectivity index (χ1v) is 7.89. The summed E-state index contributed by atoms with van der Waals surface area (Å²) in [7, 11) is 0. The molecule has 2 heterocycles. The zero-order chi connectivity index (χ0) is 14.8. The molecule has 0 unspecified atom stereocenters. The third kappa shape index (κ3) is 2.61. The van der Waals surface area contributed by atoms with Crippen molar-refractivity contribution in [3.8, 4) is 0 Å². The Balaban J connectivity index is 1.68. The van der Waals surface area contributed by atoms with E-state index in [0.717, 1.165) is 18.7 Å². The van der Waals surface area contributed by atoms with E-state index in [1.165, 1.54) is 17.3 Å². The number of thioether (sulfide) groups is 1. The van der Waals surface area contributed by atoms with Gasteiger partial charge in [0, 0.05) is 18.8 Å². The van der Waals surface area contributed by atoms with Crippen LogP contribution in [0, 0.1) is 0 Å². The molecule has 2 aromatic rings. The quantitative estimate of drug-likeness (QED) is 0.867. The second-order valence-electron chi connectivity index (χ2n) is 4.80. The third-order valence-corrected chi connectivity index (χ3v) is 4.53. The highest BCUT2D eigenvalue weighted by atomic mass is 32.2. The standard InChI is InChI=1S/C14H17N5OS/c1-2-18-13(15)16-17-14(18)21-9-12(20)19-8-7-10-5-3-4-6-11(10)19/h3-6H,2,7-9H2,1H3,(H2,15,16). The summed E-state index contributed by atoms with van der Waals surface area (Å²) in [4.78, 5) is 14.2. The number of anilines is 2. The minimum Gasteiger partial charge on any atom is -0.368 e. The number of rotatable bonds is 4. The van der Waals surface area contributed by atoms with Crippen molar-refractivity contribution < 1.29 is 4.79 Å². The molecule has 110 valence electrons. The monoisotopic (exact) mass is 303 g/mol. The second-order valence-corrected chi connectivity index (χ2v) is 5.74. The van der Waals surface area contributed by atoms with E-state index in [1.54, 1.807) is 4.57 Å². The molecule has 7 heteroatoms. The van der Waals surface area contributed by atoms with Crippen LogP contribution >= 0.6 is 11.8 Å². The van der Waals surface area contributed by atoms with Gasteiger partial charge in [-0.1, -0.05) is 30.0 Å². The van der Waals surface area contributed by atoms with E-state index in [9.17, 15) is 4.79 Å². The molecule has 1 aliphatic rings. The van der Waals surface area contributed by atoms with Gasteiger partial charge in [-0.05, 0) is 25.0 Å². The lowest BCUT2D eigenvalue weighted by Crippen LogP contribution is -2.30. The van der Waals surface area contributed by atoms with Gasteiger partial charge in [0.25, 0.3) is 0 Å². The van der Waals surface area contributed by atoms with Crippen molar-refractivity contribution in [2.45, 2.75) is 25.0 Å². The first-order chi connectivity index (χ1) is 10.2. The van der Waals surface area contributed by atoms with Crippen LogP contribution in [0.5, 0.6) is 0 Å². The largest absolute Gasteiger partial charge is 0.368 e. The van der Waals surface area contributed by atoms with E-state index in [4.69, 9.17) is 5.73 Å². The maximum atomic E-state index is 12.4. The van der Waals surface area contributed by atoms with Gasteiger partial charge in [0.1, 0.15) is 0 Å². The highest BCUT2D eigenvalue weighted by Crippen LogP contribution is 2.28. The van der Waals surface area contributed by atoms with E-state index in [-0.39, 0.29) is 5.91 Å². The van der Waals surface area contributed by atoms with E-state index >= 15 is 0 Å². The highest BCUT2D eigenvalue weighted by molar-refractivity contribution is 7.99. The van der Waals surface area contributed by atoms with Gasteiger partial charge in [-0.15, -0.1) is 10.2 Å². The molecule has 1 aromatic heterocycles. The summed E-state index contributed by atoms with van der Waals surface area (Å²) in [6.45, 7) is 3.42. The number of carbonyl (C=O) groups is 1. The summed E-state index contributed by atoms with van der Waals surface area (Å²) in [6.07, 6.45) is 0.921. The summed E-state index contributed by atoms with van der Waals surface area (Å²) >= 11 is 1.38. The number of aromatic nitrogens is 3. The van der Waals surface area contributed by atoms with Gasteiger partial charge < -0.3 is 10.6 Å². The Labute approximate surface area is 127 Å². The van der Waals surface area contributed by atoms with Crippen molar-refractivity contribution in [3.05, 3.63) is 29.8 Å². The Hall–Kier alpha value is -2.02. The lowest BCUT2D eigenvalue weighted by atomic mass is 10.2. The molecule has 0 aliphatic carbocycles. The Morgan fingerprint density at radius 3 is 3.00 bits per heavy atom. The van der Waals surface area contributed by atoms with E-state index < -0.39 is 0 Å². The summed E-state index contributed by atoms with van der Waals surface area (Å²) in [5.74, 6) is 0.820. The predicted octanol–water partition coefficient (Wildman–Crippen LogP) is 1.56. The van der Waals surface area contributed by atoms with Gasteiger partial charge in [0.2, 0.25) is 11.9 Å². The minimum atomic E-state index is 0.0918. The van der Waals surface area contributed by atoms with Gasteiger partial charge in [0.15, 0.2) is 5.16 Å². The molecular weight excluding hydrogens is 286 g/mol. The number of fused-ring (bicyclic) bond motifs is 1. The number of nitrogens with two attached hydrogens (primary N) is 1. The zero-order valence-electron chi connectivity index (χ0n) is 11.8. The average Bonchev–Trinajstić information content (AvgIpc) is 3.08. The van der Waals surface area contributed by atoms with Crippen molar-refractivity contribution in [3.63, 3.8) is 0 Å². The molecule has 6 nitrogen and oxygen atoms in total. The Morgan fingerprint density at radius 1 is 1.38 bits per heavy atom. The summed E-state index contributed by atoms with van der Waals surface area (Å²) in [5.41, 5.74) is 7.98. The molecule has 0 saturated carbocycles. The first kappa shape index (κ1) is 13.9. The topological polar surface area (TPSA) is 77.0 Å². The van der Waals surface area contributed by atoms with Crippen molar-refractivity contribution in [1.82, 2.24) is 14.8 Å². The molecule has 3 rings (SSSR count). The van der Waals surface area contributed by atoms with Crippen molar-refractivity contribution in [2.75, 3.05) is 22.9 Å². The van der Waals surface area contributed by atoms with Crippen LogP contribution in [0.1, 0.15) is 12.5 Å². The van der Waals surface area contributed by atoms with Crippen molar-refractivity contribution in [2.24, 2.45) is 0 Å². The molecular formula is C14H17N5OS. The molecule has 21 heavy (non-hydrogen) atoms. The number of hydrogen-bond donors (Lipinski definition) is 1. The summed E-state index contributed by atoms with van der Waals surface area (Å²) in [6, 6.07) is 8.04. The van der Waals surface area contributed by atoms with E-state index in [2.05, 4.69) is 16.3 Å². The van der Waals surface area contributed by atoms with Crippen molar-refractivity contribution in [1.29, 1.82) is 0 Å². The Kier molecular flexibility index (Phi) is 3.83. The smallest absolute Gasteiger partial charge is 0.237 e. The van der Waals surface area contributed by atoms with Crippen LogP contribution in [-0.4, -0.2) is 33.0 Å². The van der Waals surface area contributed by atoms with Crippen LogP contribution in [0.3, 0.4) is 0 Å². The molecule has 1 aliphatic heterocycles. The molecule has 0 fully saturated rings. The Morgan fingerprint density at radius 2 is 2.19 bits per heavy atom. The normalized spacial score (nSPS) is 13.5. The van der Waals surface area contributed by atoms with Crippen LogP contribution in [0.4, 0.5) is 11.6 Å². The summed E-state index contributed by atoms with van der Waals surface area (Å²) in [5, 5.41) is 8.54. The van der Waals surface area contributed by atoms with E-state index in [0.29, 0.717) is 23.4 Å². The maximum absolute atomic E-state index is 12.4. The Bertz CT molecular complexity index is 669. The minimum absolute atomic E-state index is 0.0918. The van der Waals surface area contributed by atoms with E-state index in [1.807, 2.05) is 30.0 Å². The van der Waals surface area contributed by atoms with Crippen LogP contribution < -0.4 is 10.6 Å². The molecule has 0 radical (unpaired) electrons. The first-order valence-electron chi connectivity index (χ1n) is 6.90. The predicted molar refractivity (Wildman–Crippen MR) is 83.3 cm³/mol. The third-order valence-electron chi connectivity index (χ3n) is 3.57. The van der Waals surface area contributed by atoms with Gasteiger partial charge in [-0.25, -0.2) is 0 Å². The van der Waals surface area contributed by atoms with Gasteiger partial charge >= 0.3 is 0 Å². The van der Waals surface area contributed by atoms with Gasteiger partial charge in [-0.3, -0.25) is 9.36 Å². The van der Waals surface area contributed by atoms with Crippen LogP contribution in [0.25, 0.3) is 0 Å². The van der Waals surface area contributed by atoms with Crippen LogP contribution in [0.15, 0.2) is 29.4 Å². The van der Waals surface area contributed by atoms with Crippen LogP contribution in [-0.2, 0) is 17.8 Å². The maximum Gasteiger partial charge on any atom is 0.237 e. The number of hydrogen-bond acceptors (Lipinski definition) is 5. The molecule has 0 spiro atoms. The fourth-order valence-electron chi connectivity index (χ4n) is 2.51. The fourth-order valence-corrected chi connectivity index (χ4v) is 3.39. The summed E-state index contributed by atoms with van der Waals surface area (Å²) < 4.78 is 1.80. The molecule has 0 atom stereocenters. The highest BCUT2D eigenvalue weighted by Gasteiger charge is 2.24.